The van der Waals surface area contributed by atoms with Gasteiger partial charge in [-0.25, -0.2) is 4.98 Å². The van der Waals surface area contributed by atoms with Crippen LogP contribution in [0, 0.1) is 0 Å². The molecular formula is C17H17F3N2O4. The minimum Gasteiger partial charge on any atom is -0.497 e. The average Bonchev–Trinajstić information content (AvgIpc) is 2.60. The topological polar surface area (TPSA) is 69.7 Å². The zero-order valence-electron chi connectivity index (χ0n) is 14.1. The van der Waals surface area contributed by atoms with Gasteiger partial charge < -0.3 is 19.5 Å². The molecule has 0 aliphatic rings. The van der Waals surface area contributed by atoms with Crippen molar-refractivity contribution in [3.05, 3.63) is 42.1 Å². The van der Waals surface area contributed by atoms with Gasteiger partial charge in [0.1, 0.15) is 11.5 Å². The molecule has 0 spiro atoms. The maximum absolute atomic E-state index is 12.1. The smallest absolute Gasteiger partial charge is 0.422 e. The van der Waals surface area contributed by atoms with Gasteiger partial charge in [-0.05, 0) is 12.1 Å². The lowest BCUT2D eigenvalue weighted by Crippen LogP contribution is -2.19. The van der Waals surface area contributed by atoms with Gasteiger partial charge in [-0.15, -0.1) is 0 Å². The molecule has 0 atom stereocenters. The van der Waals surface area contributed by atoms with Crippen molar-refractivity contribution < 1.29 is 32.2 Å². The first kappa shape index (κ1) is 19.4. The van der Waals surface area contributed by atoms with E-state index in [1.807, 2.05) is 0 Å². The molecule has 1 amide bonds. The summed E-state index contributed by atoms with van der Waals surface area (Å²) in [5, 5.41) is 2.60. The molecule has 0 aliphatic heterocycles. The van der Waals surface area contributed by atoms with Crippen LogP contribution in [0.4, 0.5) is 18.9 Å². The number of pyridine rings is 1. The number of nitrogens with one attached hydrogen (secondary N) is 1. The number of nitrogens with zero attached hydrogens (tertiary/aromatic N) is 1. The summed E-state index contributed by atoms with van der Waals surface area (Å²) in [5.41, 5.74) is 0.991. The van der Waals surface area contributed by atoms with E-state index in [-0.39, 0.29) is 18.2 Å². The zero-order chi connectivity index (χ0) is 19.2. The maximum Gasteiger partial charge on any atom is 0.422 e. The molecule has 0 fully saturated rings. The number of hydrogen-bond donors (Lipinski definition) is 1. The highest BCUT2D eigenvalue weighted by Crippen LogP contribution is 2.25. The van der Waals surface area contributed by atoms with Gasteiger partial charge in [0.2, 0.25) is 11.8 Å². The third kappa shape index (κ3) is 5.83. The van der Waals surface area contributed by atoms with E-state index in [0.29, 0.717) is 22.7 Å². The van der Waals surface area contributed by atoms with Crippen molar-refractivity contribution in [2.24, 2.45) is 0 Å². The molecule has 0 unspecified atom stereocenters. The highest BCUT2D eigenvalue weighted by molar-refractivity contribution is 5.92. The molecule has 9 heteroatoms. The average molecular weight is 370 g/mol. The molecule has 1 heterocycles. The molecule has 1 N–H and O–H groups in total. The lowest BCUT2D eigenvalue weighted by Gasteiger charge is -2.11. The molecule has 0 saturated carbocycles. The van der Waals surface area contributed by atoms with Crippen molar-refractivity contribution in [3.63, 3.8) is 0 Å². The number of ether oxygens (including phenoxy) is 3. The van der Waals surface area contributed by atoms with E-state index in [0.717, 1.165) is 0 Å². The Hall–Kier alpha value is -2.97. The molecule has 0 saturated heterocycles. The van der Waals surface area contributed by atoms with Crippen molar-refractivity contribution >= 4 is 11.6 Å². The Labute approximate surface area is 147 Å². The van der Waals surface area contributed by atoms with E-state index in [1.165, 1.54) is 32.5 Å². The molecule has 2 rings (SSSR count). The summed E-state index contributed by atoms with van der Waals surface area (Å²) < 4.78 is 51.1. The number of rotatable bonds is 7. The van der Waals surface area contributed by atoms with Crippen LogP contribution >= 0.6 is 0 Å². The Morgan fingerprint density at radius 3 is 2.50 bits per heavy atom. The van der Waals surface area contributed by atoms with E-state index in [1.54, 1.807) is 18.2 Å². The Kier molecular flexibility index (Phi) is 6.26. The number of halogens is 3. The number of hydrogen-bond acceptors (Lipinski definition) is 5. The van der Waals surface area contributed by atoms with Gasteiger partial charge in [0.15, 0.2) is 6.61 Å². The molecule has 140 valence electrons. The molecule has 0 aliphatic carbocycles. The van der Waals surface area contributed by atoms with Gasteiger partial charge in [0.05, 0.1) is 32.5 Å². The largest absolute Gasteiger partial charge is 0.497 e. The first-order valence-corrected chi connectivity index (χ1v) is 7.47. The number of anilines is 1. The highest BCUT2D eigenvalue weighted by Gasteiger charge is 2.28. The van der Waals surface area contributed by atoms with Crippen molar-refractivity contribution in [2.45, 2.75) is 12.6 Å². The molecular weight excluding hydrogens is 353 g/mol. The molecule has 0 radical (unpaired) electrons. The molecule has 1 aromatic carbocycles. The van der Waals surface area contributed by atoms with Crippen LogP contribution in [0.15, 0.2) is 36.5 Å². The first-order valence-electron chi connectivity index (χ1n) is 7.47. The second kappa shape index (κ2) is 8.41. The number of amides is 1. The van der Waals surface area contributed by atoms with Crippen LogP contribution in [-0.2, 0) is 11.2 Å². The van der Waals surface area contributed by atoms with E-state index < -0.39 is 12.8 Å². The van der Waals surface area contributed by atoms with Crippen LogP contribution in [0.2, 0.25) is 0 Å². The predicted octanol–water partition coefficient (Wildman–Crippen LogP) is 3.22. The number of carbonyl (C=O) groups excluding carboxylic acids is 1. The summed E-state index contributed by atoms with van der Waals surface area (Å²) in [6.45, 7) is -1.43. The Bertz CT molecular complexity index is 749. The van der Waals surface area contributed by atoms with E-state index >= 15 is 0 Å². The van der Waals surface area contributed by atoms with Gasteiger partial charge in [-0.2, -0.15) is 13.2 Å². The normalized spacial score (nSPS) is 11.0. The lowest BCUT2D eigenvalue weighted by atomic mass is 10.1. The standard InChI is InChI=1S/C17H17F3N2O4/c1-24-13-5-3-11(14(8-13)25-2)7-15(23)22-12-4-6-16(21-9-12)26-10-17(18,19)20/h3-6,8-9H,7,10H2,1-2H3,(H,22,23). The fraction of sp³-hybridized carbons (Fsp3) is 0.294. The maximum atomic E-state index is 12.1. The van der Waals surface area contributed by atoms with E-state index in [2.05, 4.69) is 15.0 Å². The van der Waals surface area contributed by atoms with Crippen molar-refractivity contribution in [1.82, 2.24) is 4.98 Å². The lowest BCUT2D eigenvalue weighted by molar-refractivity contribution is -0.154. The van der Waals surface area contributed by atoms with Crippen molar-refractivity contribution in [3.8, 4) is 17.4 Å². The van der Waals surface area contributed by atoms with Crippen LogP contribution in [0.25, 0.3) is 0 Å². The van der Waals surface area contributed by atoms with Gasteiger partial charge in [-0.1, -0.05) is 6.07 Å². The summed E-state index contributed by atoms with van der Waals surface area (Å²) >= 11 is 0. The third-order valence-corrected chi connectivity index (χ3v) is 3.25. The van der Waals surface area contributed by atoms with Crippen LogP contribution in [0.3, 0.4) is 0 Å². The monoisotopic (exact) mass is 370 g/mol. The van der Waals surface area contributed by atoms with Crippen LogP contribution < -0.4 is 19.5 Å². The quantitative estimate of drug-likeness (QED) is 0.810. The first-order chi connectivity index (χ1) is 12.3. The van der Waals surface area contributed by atoms with Gasteiger partial charge in [0.25, 0.3) is 0 Å². The third-order valence-electron chi connectivity index (χ3n) is 3.25. The second-order valence-electron chi connectivity index (χ2n) is 5.19. The van der Waals surface area contributed by atoms with Crippen LogP contribution in [0.5, 0.6) is 17.4 Å². The fourth-order valence-corrected chi connectivity index (χ4v) is 2.07. The SMILES string of the molecule is COc1ccc(CC(=O)Nc2ccc(OCC(F)(F)F)nc2)c(OC)c1. The molecule has 0 bridgehead atoms. The minimum absolute atomic E-state index is 0.0412. The summed E-state index contributed by atoms with van der Waals surface area (Å²) in [5.74, 6) is 0.592. The summed E-state index contributed by atoms with van der Waals surface area (Å²) in [7, 11) is 3.01. The van der Waals surface area contributed by atoms with E-state index in [4.69, 9.17) is 9.47 Å². The number of aromatic nitrogens is 1. The van der Waals surface area contributed by atoms with Crippen LogP contribution in [0.1, 0.15) is 5.56 Å². The molecule has 2 aromatic rings. The summed E-state index contributed by atoms with van der Waals surface area (Å²) in [6, 6.07) is 7.73. The Morgan fingerprint density at radius 2 is 1.92 bits per heavy atom. The van der Waals surface area contributed by atoms with E-state index in [9.17, 15) is 18.0 Å². The second-order valence-corrected chi connectivity index (χ2v) is 5.19. The van der Waals surface area contributed by atoms with Gasteiger partial charge >= 0.3 is 6.18 Å². The zero-order valence-corrected chi connectivity index (χ0v) is 14.1. The number of carbonyl (C=O) groups is 1. The number of methoxy groups -OCH3 is 2. The Balaban J connectivity index is 1.95. The fourth-order valence-electron chi connectivity index (χ4n) is 2.07. The molecule has 26 heavy (non-hydrogen) atoms. The van der Waals surface area contributed by atoms with Crippen molar-refractivity contribution in [2.75, 3.05) is 26.1 Å². The molecule has 6 nitrogen and oxygen atoms in total. The number of alkyl halides is 3. The van der Waals surface area contributed by atoms with Crippen molar-refractivity contribution in [1.29, 1.82) is 0 Å². The highest BCUT2D eigenvalue weighted by atomic mass is 19.4. The van der Waals surface area contributed by atoms with Crippen LogP contribution in [-0.4, -0.2) is 37.9 Å². The molecule has 1 aromatic heterocycles. The van der Waals surface area contributed by atoms with Gasteiger partial charge in [0, 0.05) is 17.7 Å². The summed E-state index contributed by atoms with van der Waals surface area (Å²) in [6.07, 6.45) is -3.18. The predicted molar refractivity (Wildman–Crippen MR) is 87.7 cm³/mol. The summed E-state index contributed by atoms with van der Waals surface area (Å²) in [4.78, 5) is 15.9. The van der Waals surface area contributed by atoms with Gasteiger partial charge in [-0.3, -0.25) is 4.79 Å². The Morgan fingerprint density at radius 1 is 1.15 bits per heavy atom. The number of benzene rings is 1. The minimum atomic E-state index is -4.44.